The molecule has 0 unspecified atom stereocenters. The van der Waals surface area contributed by atoms with Crippen molar-refractivity contribution in [2.45, 2.75) is 20.0 Å². The predicted octanol–water partition coefficient (Wildman–Crippen LogP) is 3.25. The Balaban J connectivity index is 1.32. The lowest BCUT2D eigenvalue weighted by atomic mass is 10.2. The minimum atomic E-state index is -0.195. The summed E-state index contributed by atoms with van der Waals surface area (Å²) in [4.78, 5) is 27.9. The second-order valence-electron chi connectivity index (χ2n) is 7.94. The first kappa shape index (κ1) is 22.6. The van der Waals surface area contributed by atoms with Gasteiger partial charge in [0, 0.05) is 30.2 Å². The van der Waals surface area contributed by atoms with Crippen LogP contribution in [0.2, 0.25) is 0 Å². The number of nitrogens with one attached hydrogen (secondary N) is 2. The molecule has 33 heavy (non-hydrogen) atoms. The van der Waals surface area contributed by atoms with Crippen molar-refractivity contribution in [2.24, 2.45) is 0 Å². The molecule has 9 nitrogen and oxygen atoms in total. The van der Waals surface area contributed by atoms with E-state index in [0.717, 1.165) is 34.2 Å². The maximum absolute atomic E-state index is 12.5. The lowest BCUT2D eigenvalue weighted by Gasteiger charge is -2.32. The standard InChI is InChI=1S/C24H28N6O3/c1-16-12-17(2)27-24(26-16)29-19-6-9-21(25-13-19)22-14-30(10-11-33-22)15-23(31)28-18-4-7-20(32-3)8-5-18/h4-9,12-13,22H,10-11,14-15H2,1-3H3,(H,28,31)(H,26,27,29)/t22-/m1/s1. The molecule has 4 rings (SSSR count). The summed E-state index contributed by atoms with van der Waals surface area (Å²) in [5.74, 6) is 1.23. The smallest absolute Gasteiger partial charge is 0.238 e. The molecule has 3 aromatic rings. The number of methoxy groups -OCH3 is 1. The summed E-state index contributed by atoms with van der Waals surface area (Å²) in [6.07, 6.45) is 1.55. The van der Waals surface area contributed by atoms with Crippen LogP contribution in [0.4, 0.5) is 17.3 Å². The van der Waals surface area contributed by atoms with Crippen LogP contribution in [-0.2, 0) is 9.53 Å². The highest BCUT2D eigenvalue weighted by Gasteiger charge is 2.24. The molecule has 172 valence electrons. The average molecular weight is 449 g/mol. The molecular weight excluding hydrogens is 420 g/mol. The van der Waals surface area contributed by atoms with Crippen LogP contribution < -0.4 is 15.4 Å². The lowest BCUT2D eigenvalue weighted by molar-refractivity contribution is -0.119. The lowest BCUT2D eigenvalue weighted by Crippen LogP contribution is -2.42. The topological polar surface area (TPSA) is 102 Å². The molecule has 1 amide bonds. The molecule has 1 fully saturated rings. The highest BCUT2D eigenvalue weighted by atomic mass is 16.5. The molecule has 9 heteroatoms. The normalized spacial score (nSPS) is 16.3. The number of carbonyl (C=O) groups is 1. The largest absolute Gasteiger partial charge is 0.497 e. The molecule has 0 radical (unpaired) electrons. The number of rotatable bonds is 7. The molecule has 1 aromatic carbocycles. The summed E-state index contributed by atoms with van der Waals surface area (Å²) in [6, 6.07) is 13.1. The Morgan fingerprint density at radius 3 is 2.52 bits per heavy atom. The van der Waals surface area contributed by atoms with E-state index in [1.54, 1.807) is 13.3 Å². The summed E-state index contributed by atoms with van der Waals surface area (Å²) >= 11 is 0. The summed E-state index contributed by atoms with van der Waals surface area (Å²) in [7, 11) is 1.61. The van der Waals surface area contributed by atoms with Crippen LogP contribution in [0.3, 0.4) is 0 Å². The molecule has 0 bridgehead atoms. The van der Waals surface area contributed by atoms with Gasteiger partial charge in [0.2, 0.25) is 11.9 Å². The number of ether oxygens (including phenoxy) is 2. The van der Waals surface area contributed by atoms with E-state index >= 15 is 0 Å². The molecule has 3 heterocycles. The van der Waals surface area contributed by atoms with Crippen LogP contribution in [0.1, 0.15) is 23.2 Å². The van der Waals surface area contributed by atoms with Crippen molar-refractivity contribution < 1.29 is 14.3 Å². The number of aromatic nitrogens is 3. The molecular formula is C24H28N6O3. The minimum Gasteiger partial charge on any atom is -0.497 e. The van der Waals surface area contributed by atoms with Crippen molar-refractivity contribution in [3.05, 3.63) is 65.7 Å². The van der Waals surface area contributed by atoms with E-state index in [4.69, 9.17) is 9.47 Å². The van der Waals surface area contributed by atoms with E-state index < -0.39 is 0 Å². The van der Waals surface area contributed by atoms with Crippen LogP contribution in [0, 0.1) is 13.8 Å². The third-order valence-corrected chi connectivity index (χ3v) is 5.25. The van der Waals surface area contributed by atoms with Crippen LogP contribution >= 0.6 is 0 Å². The summed E-state index contributed by atoms with van der Waals surface area (Å²) < 4.78 is 11.1. The number of nitrogens with zero attached hydrogens (tertiary/aromatic N) is 4. The molecule has 1 saturated heterocycles. The molecule has 2 N–H and O–H groups in total. The van der Waals surface area contributed by atoms with E-state index in [1.165, 1.54) is 0 Å². The van der Waals surface area contributed by atoms with E-state index in [2.05, 4.69) is 30.5 Å². The van der Waals surface area contributed by atoms with Crippen LogP contribution in [0.25, 0.3) is 0 Å². The Labute approximate surface area is 193 Å². The van der Waals surface area contributed by atoms with Gasteiger partial charge in [0.25, 0.3) is 0 Å². The van der Waals surface area contributed by atoms with Crippen LogP contribution in [0.15, 0.2) is 48.7 Å². The number of pyridine rings is 1. The van der Waals surface area contributed by atoms with Gasteiger partial charge in [-0.1, -0.05) is 0 Å². The first-order chi connectivity index (χ1) is 16.0. The van der Waals surface area contributed by atoms with Gasteiger partial charge in [0.15, 0.2) is 0 Å². The number of benzene rings is 1. The second kappa shape index (κ2) is 10.4. The zero-order valence-electron chi connectivity index (χ0n) is 19.0. The molecule has 0 spiro atoms. The Morgan fingerprint density at radius 2 is 1.85 bits per heavy atom. The van der Waals surface area contributed by atoms with Crippen molar-refractivity contribution >= 4 is 23.2 Å². The number of carbonyl (C=O) groups excluding carboxylic acids is 1. The average Bonchev–Trinajstić information content (AvgIpc) is 2.79. The number of morpholine rings is 1. The van der Waals surface area contributed by atoms with Gasteiger partial charge >= 0.3 is 0 Å². The number of anilines is 3. The fourth-order valence-corrected chi connectivity index (χ4v) is 3.68. The van der Waals surface area contributed by atoms with Gasteiger partial charge in [-0.2, -0.15) is 0 Å². The van der Waals surface area contributed by atoms with Gasteiger partial charge in [0.05, 0.1) is 37.8 Å². The maximum atomic E-state index is 12.5. The van der Waals surface area contributed by atoms with Crippen molar-refractivity contribution in [3.63, 3.8) is 0 Å². The number of amides is 1. The second-order valence-corrected chi connectivity index (χ2v) is 7.94. The zero-order valence-corrected chi connectivity index (χ0v) is 19.0. The third-order valence-electron chi connectivity index (χ3n) is 5.25. The van der Waals surface area contributed by atoms with Gasteiger partial charge in [-0.15, -0.1) is 0 Å². The maximum Gasteiger partial charge on any atom is 0.238 e. The summed E-state index contributed by atoms with van der Waals surface area (Å²) in [6.45, 7) is 5.98. The van der Waals surface area contributed by atoms with Crippen LogP contribution in [-0.4, -0.2) is 59.1 Å². The number of hydrogen-bond acceptors (Lipinski definition) is 8. The van der Waals surface area contributed by atoms with Gasteiger partial charge in [-0.05, 0) is 56.3 Å². The third kappa shape index (κ3) is 6.24. The highest BCUT2D eigenvalue weighted by Crippen LogP contribution is 2.23. The Bertz CT molecular complexity index is 1070. The minimum absolute atomic E-state index is 0.0678. The fourth-order valence-electron chi connectivity index (χ4n) is 3.68. The van der Waals surface area contributed by atoms with E-state index in [-0.39, 0.29) is 18.6 Å². The van der Waals surface area contributed by atoms with Crippen molar-refractivity contribution in [3.8, 4) is 5.75 Å². The Kier molecular flexibility index (Phi) is 7.11. The van der Waals surface area contributed by atoms with E-state index in [1.807, 2.05) is 56.3 Å². The quantitative estimate of drug-likeness (QED) is 0.568. The van der Waals surface area contributed by atoms with E-state index in [9.17, 15) is 4.79 Å². The molecule has 2 aromatic heterocycles. The molecule has 0 aliphatic carbocycles. The van der Waals surface area contributed by atoms with Gasteiger partial charge in [-0.3, -0.25) is 14.7 Å². The monoisotopic (exact) mass is 448 g/mol. The van der Waals surface area contributed by atoms with E-state index in [0.29, 0.717) is 25.6 Å². The summed E-state index contributed by atoms with van der Waals surface area (Å²) in [5.41, 5.74) is 4.17. The molecule has 1 aliphatic heterocycles. The highest BCUT2D eigenvalue weighted by molar-refractivity contribution is 5.92. The first-order valence-electron chi connectivity index (χ1n) is 10.8. The first-order valence-corrected chi connectivity index (χ1v) is 10.8. The summed E-state index contributed by atoms with van der Waals surface area (Å²) in [5, 5.41) is 6.11. The number of aryl methyl sites for hydroxylation is 2. The van der Waals surface area contributed by atoms with Gasteiger partial charge in [0.1, 0.15) is 11.9 Å². The van der Waals surface area contributed by atoms with Crippen molar-refractivity contribution in [2.75, 3.05) is 44.0 Å². The fraction of sp³-hybridized carbons (Fsp3) is 0.333. The Hall–Kier alpha value is -3.56. The SMILES string of the molecule is COc1ccc(NC(=O)CN2CCO[C@@H](c3ccc(Nc4nc(C)cc(C)n4)cn3)C2)cc1. The molecule has 0 saturated carbocycles. The zero-order chi connectivity index (χ0) is 23.2. The van der Waals surface area contributed by atoms with Gasteiger partial charge < -0.3 is 20.1 Å². The molecule has 1 aliphatic rings. The van der Waals surface area contributed by atoms with Crippen molar-refractivity contribution in [1.82, 2.24) is 19.9 Å². The predicted molar refractivity (Wildman–Crippen MR) is 126 cm³/mol. The number of hydrogen-bond donors (Lipinski definition) is 2. The van der Waals surface area contributed by atoms with Crippen molar-refractivity contribution in [1.29, 1.82) is 0 Å². The molecule has 1 atom stereocenters. The van der Waals surface area contributed by atoms with Gasteiger partial charge in [-0.25, -0.2) is 9.97 Å². The van der Waals surface area contributed by atoms with Crippen LogP contribution in [0.5, 0.6) is 5.75 Å². The Morgan fingerprint density at radius 1 is 1.12 bits per heavy atom.